The van der Waals surface area contributed by atoms with Gasteiger partial charge in [0.15, 0.2) is 5.69 Å². The van der Waals surface area contributed by atoms with Crippen molar-refractivity contribution in [1.29, 1.82) is 0 Å². The molecular formula is C18H12F9N3O3. The molecule has 0 saturated carbocycles. The molecule has 1 aromatic heterocycles. The second kappa shape index (κ2) is 8.78. The molecule has 6 nitrogen and oxygen atoms in total. The number of hydrogen-bond acceptors (Lipinski definition) is 5. The van der Waals surface area contributed by atoms with E-state index in [2.05, 4.69) is 16.3 Å². The van der Waals surface area contributed by atoms with Crippen LogP contribution in [0.4, 0.5) is 51.1 Å². The molecule has 180 valence electrons. The summed E-state index contributed by atoms with van der Waals surface area (Å²) in [5, 5.41) is 1.81. The van der Waals surface area contributed by atoms with E-state index in [-0.39, 0.29) is 12.1 Å². The topological polar surface area (TPSA) is 73.2 Å². The van der Waals surface area contributed by atoms with Gasteiger partial charge in [-0.25, -0.2) is 4.98 Å². The molecule has 0 radical (unpaired) electrons. The van der Waals surface area contributed by atoms with Crippen molar-refractivity contribution in [2.45, 2.75) is 32.1 Å². The number of hydrogen-bond donors (Lipinski definition) is 1. The molecule has 0 bridgehead atoms. The lowest BCUT2D eigenvalue weighted by Gasteiger charge is -2.23. The van der Waals surface area contributed by atoms with E-state index in [0.717, 1.165) is 6.92 Å². The van der Waals surface area contributed by atoms with E-state index in [0.29, 0.717) is 16.8 Å². The van der Waals surface area contributed by atoms with Crippen LogP contribution in [0.15, 0.2) is 29.6 Å². The fourth-order valence-corrected chi connectivity index (χ4v) is 2.69. The third-order valence-corrected chi connectivity index (χ3v) is 3.99. The van der Waals surface area contributed by atoms with Gasteiger partial charge in [-0.2, -0.15) is 39.5 Å². The van der Waals surface area contributed by atoms with Crippen LogP contribution < -0.4 is 10.9 Å². The number of anilines is 2. The van der Waals surface area contributed by atoms with Gasteiger partial charge in [0.1, 0.15) is 6.61 Å². The fraction of sp³-hybridized carbons (Fsp3) is 0.278. The van der Waals surface area contributed by atoms with Crippen molar-refractivity contribution in [2.75, 3.05) is 5.32 Å². The van der Waals surface area contributed by atoms with E-state index < -0.39 is 70.7 Å². The molecule has 33 heavy (non-hydrogen) atoms. The van der Waals surface area contributed by atoms with Crippen LogP contribution in [0.2, 0.25) is 0 Å². The maximum atomic E-state index is 13.8. The zero-order valence-corrected chi connectivity index (χ0v) is 16.2. The Labute approximate surface area is 178 Å². The number of benzene rings is 1. The Morgan fingerprint density at radius 2 is 1.70 bits per heavy atom. The number of rotatable bonds is 5. The second-order valence-electron chi connectivity index (χ2n) is 6.27. The van der Waals surface area contributed by atoms with Gasteiger partial charge in [-0.05, 0) is 12.1 Å². The molecule has 1 N–H and O–H groups in total. The lowest BCUT2D eigenvalue weighted by molar-refractivity contribution is -0.150. The van der Waals surface area contributed by atoms with Crippen molar-refractivity contribution >= 4 is 23.8 Å². The molecule has 2 rings (SSSR count). The number of aromatic nitrogens is 2. The van der Waals surface area contributed by atoms with Crippen LogP contribution in [-0.4, -0.2) is 15.5 Å². The standard InChI is InChI=1S/C18H12F9N3O3/c1-3-30-13(32)6-12(17(22,23)24)29-15(30)28-11-5-4-10(16(19,20)21)9(7-33-8(2)31)14(11)18(25,26)27/h3-6H,1,7H2,2H3,(H,28,29). The summed E-state index contributed by atoms with van der Waals surface area (Å²) in [7, 11) is 0. The zero-order chi connectivity index (χ0) is 25.4. The number of nitrogens with zero attached hydrogens (tertiary/aromatic N) is 2. The Morgan fingerprint density at radius 1 is 1.09 bits per heavy atom. The number of carbonyl (C=O) groups is 1. The van der Waals surface area contributed by atoms with Crippen molar-refractivity contribution in [3.8, 4) is 0 Å². The van der Waals surface area contributed by atoms with Crippen molar-refractivity contribution in [3.05, 3.63) is 57.5 Å². The summed E-state index contributed by atoms with van der Waals surface area (Å²) in [6.45, 7) is 2.45. The molecule has 0 aliphatic rings. The molecule has 15 heteroatoms. The molecule has 0 amide bonds. The molecule has 0 fully saturated rings. The highest BCUT2D eigenvalue weighted by Gasteiger charge is 2.43. The average molecular weight is 489 g/mol. The molecule has 0 unspecified atom stereocenters. The first-order valence-electron chi connectivity index (χ1n) is 8.50. The smallest absolute Gasteiger partial charge is 0.433 e. The molecular weight excluding hydrogens is 477 g/mol. The molecule has 0 atom stereocenters. The van der Waals surface area contributed by atoms with Crippen LogP contribution >= 0.6 is 0 Å². The first-order valence-corrected chi connectivity index (χ1v) is 8.50. The second-order valence-corrected chi connectivity index (χ2v) is 6.27. The maximum Gasteiger partial charge on any atom is 0.433 e. The van der Waals surface area contributed by atoms with Gasteiger partial charge in [0, 0.05) is 24.8 Å². The van der Waals surface area contributed by atoms with Crippen LogP contribution in [0.3, 0.4) is 0 Å². The molecule has 0 aliphatic carbocycles. The predicted octanol–water partition coefficient (Wildman–Crippen LogP) is 5.21. The minimum Gasteiger partial charge on any atom is -0.461 e. The quantitative estimate of drug-likeness (QED) is 0.462. The molecule has 1 aromatic carbocycles. The van der Waals surface area contributed by atoms with Gasteiger partial charge in [0.05, 0.1) is 16.8 Å². The summed E-state index contributed by atoms with van der Waals surface area (Å²) >= 11 is 0. The molecule has 0 spiro atoms. The Balaban J connectivity index is 2.82. The number of ether oxygens (including phenoxy) is 1. The van der Waals surface area contributed by atoms with Gasteiger partial charge in [0.25, 0.3) is 5.56 Å². The number of alkyl halides is 9. The SMILES string of the molecule is C=Cn1c(Nc2ccc(C(F)(F)F)c(COC(C)=O)c2C(F)(F)F)nc(C(F)(F)F)cc1=O. The Bertz CT molecular complexity index is 1130. The summed E-state index contributed by atoms with van der Waals surface area (Å²) in [4.78, 5) is 26.0. The Hall–Kier alpha value is -3.52. The first-order chi connectivity index (χ1) is 15.0. The van der Waals surface area contributed by atoms with Crippen molar-refractivity contribution in [2.24, 2.45) is 0 Å². The largest absolute Gasteiger partial charge is 0.461 e. The van der Waals surface area contributed by atoms with Gasteiger partial charge < -0.3 is 10.1 Å². The Morgan fingerprint density at radius 3 is 2.15 bits per heavy atom. The summed E-state index contributed by atoms with van der Waals surface area (Å²) < 4.78 is 125. The highest BCUT2D eigenvalue weighted by atomic mass is 19.4. The third kappa shape index (κ3) is 5.84. The van der Waals surface area contributed by atoms with Gasteiger partial charge in [0.2, 0.25) is 5.95 Å². The normalized spacial score (nSPS) is 12.4. The number of halogens is 9. The van der Waals surface area contributed by atoms with E-state index in [9.17, 15) is 49.1 Å². The lowest BCUT2D eigenvalue weighted by Crippen LogP contribution is -2.25. The lowest BCUT2D eigenvalue weighted by atomic mass is 9.98. The average Bonchev–Trinajstić information content (AvgIpc) is 2.63. The van der Waals surface area contributed by atoms with Crippen LogP contribution in [0, 0.1) is 0 Å². The van der Waals surface area contributed by atoms with Crippen LogP contribution in [-0.2, 0) is 34.7 Å². The molecule has 0 saturated heterocycles. The summed E-state index contributed by atoms with van der Waals surface area (Å²) in [6, 6.07) is 0.555. The fourth-order valence-electron chi connectivity index (χ4n) is 2.69. The van der Waals surface area contributed by atoms with Gasteiger partial charge in [-0.1, -0.05) is 6.58 Å². The van der Waals surface area contributed by atoms with E-state index >= 15 is 0 Å². The molecule has 2 aromatic rings. The minimum atomic E-state index is -5.50. The van der Waals surface area contributed by atoms with Crippen LogP contribution in [0.1, 0.15) is 29.3 Å². The van der Waals surface area contributed by atoms with E-state index in [1.54, 1.807) is 0 Å². The van der Waals surface area contributed by atoms with Gasteiger partial charge >= 0.3 is 24.5 Å². The van der Waals surface area contributed by atoms with Crippen molar-refractivity contribution in [3.63, 3.8) is 0 Å². The van der Waals surface area contributed by atoms with Crippen molar-refractivity contribution in [1.82, 2.24) is 9.55 Å². The van der Waals surface area contributed by atoms with Crippen LogP contribution in [0.5, 0.6) is 0 Å². The highest BCUT2D eigenvalue weighted by Crippen LogP contribution is 2.44. The Kier molecular flexibility index (Phi) is 6.85. The van der Waals surface area contributed by atoms with Gasteiger partial charge in [-0.15, -0.1) is 0 Å². The predicted molar refractivity (Wildman–Crippen MR) is 95.1 cm³/mol. The van der Waals surface area contributed by atoms with E-state index in [4.69, 9.17) is 0 Å². The zero-order valence-electron chi connectivity index (χ0n) is 16.2. The minimum absolute atomic E-state index is 0.0520. The molecule has 0 aliphatic heterocycles. The van der Waals surface area contributed by atoms with E-state index in [1.165, 1.54) is 0 Å². The highest BCUT2D eigenvalue weighted by molar-refractivity contribution is 5.67. The van der Waals surface area contributed by atoms with Crippen LogP contribution in [0.25, 0.3) is 6.20 Å². The molecule has 1 heterocycles. The monoisotopic (exact) mass is 489 g/mol. The summed E-state index contributed by atoms with van der Waals surface area (Å²) in [6.07, 6.45) is -15.3. The first kappa shape index (κ1) is 25.7. The number of carbonyl (C=O) groups excluding carboxylic acids is 1. The third-order valence-electron chi connectivity index (χ3n) is 3.99. The maximum absolute atomic E-state index is 13.8. The van der Waals surface area contributed by atoms with Crippen molar-refractivity contribution < 1.29 is 49.0 Å². The summed E-state index contributed by atoms with van der Waals surface area (Å²) in [5.74, 6) is -2.29. The van der Waals surface area contributed by atoms with Gasteiger partial charge in [-0.3, -0.25) is 14.2 Å². The number of nitrogens with one attached hydrogen (secondary N) is 1. The van der Waals surface area contributed by atoms with E-state index in [1.807, 2.05) is 5.32 Å². The summed E-state index contributed by atoms with van der Waals surface area (Å²) in [5.41, 5.74) is -9.61. The number of esters is 1.